The molecule has 0 atom stereocenters. The number of aryl methyl sites for hydroxylation is 1. The zero-order chi connectivity index (χ0) is 15.7. The lowest BCUT2D eigenvalue weighted by atomic mass is 10.0. The van der Waals surface area contributed by atoms with Crippen LogP contribution in [0.1, 0.15) is 18.1 Å². The van der Waals surface area contributed by atoms with Crippen LogP contribution in [0.5, 0.6) is 0 Å². The zero-order valence-corrected chi connectivity index (χ0v) is 13.8. The number of benzene rings is 2. The highest BCUT2D eigenvalue weighted by atomic mass is 79.9. The summed E-state index contributed by atoms with van der Waals surface area (Å²) in [6, 6.07) is 13.9. The minimum Gasteiger partial charge on any atom is -0.481 e. The van der Waals surface area contributed by atoms with Crippen LogP contribution < -0.4 is 0 Å². The van der Waals surface area contributed by atoms with Gasteiger partial charge in [-0.2, -0.15) is 0 Å². The highest BCUT2D eigenvalue weighted by Gasteiger charge is 2.18. The topological polar surface area (TPSA) is 53.1 Å². The van der Waals surface area contributed by atoms with Crippen molar-refractivity contribution < 1.29 is 9.90 Å². The van der Waals surface area contributed by atoms with Gasteiger partial charge in [0.05, 0.1) is 12.1 Å². The number of aromatic nitrogens is 1. The van der Waals surface area contributed by atoms with E-state index in [1.54, 1.807) is 0 Å². The summed E-state index contributed by atoms with van der Waals surface area (Å²) in [5.41, 5.74) is 4.93. The molecule has 0 fully saturated rings. The van der Waals surface area contributed by atoms with Gasteiger partial charge in [-0.15, -0.1) is 0 Å². The first-order chi connectivity index (χ1) is 10.6. The smallest absolute Gasteiger partial charge is 0.307 e. The van der Waals surface area contributed by atoms with Crippen LogP contribution in [0.25, 0.3) is 22.2 Å². The van der Waals surface area contributed by atoms with E-state index in [4.69, 9.17) is 0 Å². The second kappa shape index (κ2) is 5.97. The first kappa shape index (κ1) is 14.9. The molecule has 0 spiro atoms. The molecule has 3 nitrogen and oxygen atoms in total. The van der Waals surface area contributed by atoms with Crippen molar-refractivity contribution >= 4 is 32.8 Å². The molecule has 22 heavy (non-hydrogen) atoms. The van der Waals surface area contributed by atoms with Gasteiger partial charge >= 0.3 is 5.97 Å². The minimum atomic E-state index is -0.823. The van der Waals surface area contributed by atoms with E-state index in [1.807, 2.05) is 36.4 Å². The number of fused-ring (bicyclic) bond motifs is 1. The molecule has 0 saturated heterocycles. The maximum absolute atomic E-state index is 11.3. The number of carboxylic acid groups (broad SMARTS) is 1. The third kappa shape index (κ3) is 2.55. The summed E-state index contributed by atoms with van der Waals surface area (Å²) in [6.07, 6.45) is 0.906. The Labute approximate surface area is 137 Å². The molecule has 4 heteroatoms. The lowest BCUT2D eigenvalue weighted by molar-refractivity contribution is -0.136. The molecule has 1 aromatic heterocycles. The van der Waals surface area contributed by atoms with E-state index in [2.05, 4.69) is 33.9 Å². The second-order valence-corrected chi connectivity index (χ2v) is 6.08. The Bertz CT molecular complexity index is 851. The van der Waals surface area contributed by atoms with Crippen LogP contribution in [0.4, 0.5) is 0 Å². The van der Waals surface area contributed by atoms with E-state index in [0.29, 0.717) is 0 Å². The van der Waals surface area contributed by atoms with Gasteiger partial charge in [0, 0.05) is 20.9 Å². The van der Waals surface area contributed by atoms with E-state index >= 15 is 0 Å². The quantitative estimate of drug-likeness (QED) is 0.705. The van der Waals surface area contributed by atoms with Crippen molar-refractivity contribution in [3.05, 3.63) is 58.1 Å². The molecule has 0 radical (unpaired) electrons. The maximum Gasteiger partial charge on any atom is 0.307 e. The number of nitrogens with one attached hydrogen (secondary N) is 1. The standard InChI is InChI=1S/C18H16BrNO2/c1-2-11-6-5-8-12-14(10-16(21)22)18(20-17(11)12)13-7-3-4-9-15(13)19/h3-9,20H,2,10H2,1H3,(H,21,22). The Kier molecular flexibility index (Phi) is 4.03. The number of H-pyrrole nitrogens is 1. The SMILES string of the molecule is CCc1cccc2c(CC(=O)O)c(-c3ccccc3Br)[nH]c12. The molecule has 1 heterocycles. The molecule has 2 N–H and O–H groups in total. The van der Waals surface area contributed by atoms with E-state index < -0.39 is 5.97 Å². The van der Waals surface area contributed by atoms with Crippen molar-refractivity contribution in [1.82, 2.24) is 4.98 Å². The Morgan fingerprint density at radius 1 is 1.18 bits per heavy atom. The van der Waals surface area contributed by atoms with Gasteiger partial charge in [-0.3, -0.25) is 4.79 Å². The van der Waals surface area contributed by atoms with Gasteiger partial charge in [-0.1, -0.05) is 59.3 Å². The predicted molar refractivity (Wildman–Crippen MR) is 92.2 cm³/mol. The fourth-order valence-electron chi connectivity index (χ4n) is 2.86. The Morgan fingerprint density at radius 2 is 1.95 bits per heavy atom. The Hall–Kier alpha value is -2.07. The van der Waals surface area contributed by atoms with Gasteiger partial charge in [0.15, 0.2) is 0 Å². The molecule has 0 aliphatic rings. The highest BCUT2D eigenvalue weighted by molar-refractivity contribution is 9.10. The largest absolute Gasteiger partial charge is 0.481 e. The van der Waals surface area contributed by atoms with E-state index in [1.165, 1.54) is 5.56 Å². The van der Waals surface area contributed by atoms with Crippen LogP contribution in [0.3, 0.4) is 0 Å². The fourth-order valence-corrected chi connectivity index (χ4v) is 3.34. The molecular weight excluding hydrogens is 342 g/mol. The third-order valence-electron chi connectivity index (χ3n) is 3.88. The van der Waals surface area contributed by atoms with E-state index in [9.17, 15) is 9.90 Å². The summed E-state index contributed by atoms with van der Waals surface area (Å²) in [5.74, 6) is -0.823. The second-order valence-electron chi connectivity index (χ2n) is 5.22. The fraction of sp³-hybridized carbons (Fsp3) is 0.167. The number of hydrogen-bond donors (Lipinski definition) is 2. The van der Waals surface area contributed by atoms with Gasteiger partial charge in [0.1, 0.15) is 0 Å². The summed E-state index contributed by atoms with van der Waals surface area (Å²) >= 11 is 3.56. The third-order valence-corrected chi connectivity index (χ3v) is 4.57. The van der Waals surface area contributed by atoms with Crippen LogP contribution in [0.15, 0.2) is 46.9 Å². The van der Waals surface area contributed by atoms with Gasteiger partial charge in [-0.05, 0) is 23.6 Å². The minimum absolute atomic E-state index is 0.00380. The average molecular weight is 358 g/mol. The molecule has 0 saturated carbocycles. The molecular formula is C18H16BrNO2. The van der Waals surface area contributed by atoms with Crippen LogP contribution >= 0.6 is 15.9 Å². The monoisotopic (exact) mass is 357 g/mol. The van der Waals surface area contributed by atoms with Gasteiger partial charge < -0.3 is 10.1 Å². The molecule has 3 rings (SSSR count). The summed E-state index contributed by atoms with van der Waals surface area (Å²) in [7, 11) is 0. The summed E-state index contributed by atoms with van der Waals surface area (Å²) < 4.78 is 0.950. The highest BCUT2D eigenvalue weighted by Crippen LogP contribution is 2.36. The maximum atomic E-state index is 11.3. The zero-order valence-electron chi connectivity index (χ0n) is 12.2. The van der Waals surface area contributed by atoms with Crippen molar-refractivity contribution in [3.8, 4) is 11.3 Å². The number of aliphatic carboxylic acids is 1. The average Bonchev–Trinajstić information content (AvgIpc) is 2.86. The lowest BCUT2D eigenvalue weighted by Crippen LogP contribution is -2.01. The number of rotatable bonds is 4. The molecule has 112 valence electrons. The lowest BCUT2D eigenvalue weighted by Gasteiger charge is -2.05. The van der Waals surface area contributed by atoms with Crippen molar-refractivity contribution in [2.45, 2.75) is 19.8 Å². The van der Waals surface area contributed by atoms with Crippen LogP contribution in [-0.4, -0.2) is 16.1 Å². The number of aromatic amines is 1. The number of carboxylic acids is 1. The first-order valence-electron chi connectivity index (χ1n) is 7.21. The number of para-hydroxylation sites is 1. The van der Waals surface area contributed by atoms with Crippen molar-refractivity contribution in [3.63, 3.8) is 0 Å². The first-order valence-corrected chi connectivity index (χ1v) is 8.00. The Morgan fingerprint density at radius 3 is 2.64 bits per heavy atom. The molecule has 0 unspecified atom stereocenters. The van der Waals surface area contributed by atoms with Crippen LogP contribution in [0.2, 0.25) is 0 Å². The van der Waals surface area contributed by atoms with Gasteiger partial charge in [0.25, 0.3) is 0 Å². The normalized spacial score (nSPS) is 11.0. The van der Waals surface area contributed by atoms with Gasteiger partial charge in [-0.25, -0.2) is 0 Å². The summed E-state index contributed by atoms with van der Waals surface area (Å²) in [6.45, 7) is 2.10. The van der Waals surface area contributed by atoms with Crippen LogP contribution in [-0.2, 0) is 17.6 Å². The molecule has 0 amide bonds. The van der Waals surface area contributed by atoms with Crippen molar-refractivity contribution in [1.29, 1.82) is 0 Å². The molecule has 0 aliphatic heterocycles. The summed E-state index contributed by atoms with van der Waals surface area (Å²) in [5, 5.41) is 10.3. The van der Waals surface area contributed by atoms with Crippen molar-refractivity contribution in [2.24, 2.45) is 0 Å². The summed E-state index contributed by atoms with van der Waals surface area (Å²) in [4.78, 5) is 14.8. The van der Waals surface area contributed by atoms with Gasteiger partial charge in [0.2, 0.25) is 0 Å². The molecule has 0 bridgehead atoms. The number of hydrogen-bond acceptors (Lipinski definition) is 1. The van der Waals surface area contributed by atoms with Crippen molar-refractivity contribution in [2.75, 3.05) is 0 Å². The predicted octanol–water partition coefficient (Wildman–Crippen LogP) is 4.79. The van der Waals surface area contributed by atoms with Crippen LogP contribution in [0, 0.1) is 0 Å². The van der Waals surface area contributed by atoms with E-state index in [0.717, 1.165) is 38.6 Å². The van der Waals surface area contributed by atoms with E-state index in [-0.39, 0.29) is 6.42 Å². The number of carbonyl (C=O) groups is 1. The molecule has 2 aromatic carbocycles. The molecule has 0 aliphatic carbocycles. The molecule has 3 aromatic rings. The Balaban J connectivity index is 2.33. The number of halogens is 1.